The van der Waals surface area contributed by atoms with Crippen LogP contribution < -0.4 is 11.1 Å². The Balaban J connectivity index is 0.000000209. The number of anilines is 1. The SMILES string of the molecule is CNc1sc2c(c1C(=O)O)CC(C)(C)CC2.NCc1cncc(C=O)c1. The summed E-state index contributed by atoms with van der Waals surface area (Å²) in [6.07, 6.45) is 6.94. The monoisotopic (exact) mass is 375 g/mol. The maximum atomic E-state index is 11.3. The van der Waals surface area contributed by atoms with Gasteiger partial charge in [0.1, 0.15) is 5.00 Å². The van der Waals surface area contributed by atoms with Gasteiger partial charge in [-0.3, -0.25) is 9.78 Å². The Kier molecular flexibility index (Phi) is 6.50. The van der Waals surface area contributed by atoms with Crippen LogP contribution in [0.5, 0.6) is 0 Å². The molecule has 26 heavy (non-hydrogen) atoms. The Hall–Kier alpha value is -2.25. The molecule has 0 saturated carbocycles. The summed E-state index contributed by atoms with van der Waals surface area (Å²) in [4.78, 5) is 26.6. The van der Waals surface area contributed by atoms with E-state index in [0.29, 0.717) is 17.7 Å². The van der Waals surface area contributed by atoms with Gasteiger partial charge >= 0.3 is 5.97 Å². The van der Waals surface area contributed by atoms with Crippen molar-refractivity contribution in [3.05, 3.63) is 45.6 Å². The number of carbonyl (C=O) groups excluding carboxylic acids is 1. The fraction of sp³-hybridized carbons (Fsp3) is 0.421. The molecule has 7 heteroatoms. The van der Waals surface area contributed by atoms with Crippen LogP contribution in [0.4, 0.5) is 5.00 Å². The summed E-state index contributed by atoms with van der Waals surface area (Å²) in [7, 11) is 1.79. The molecule has 1 aliphatic rings. The lowest BCUT2D eigenvalue weighted by atomic mass is 9.76. The van der Waals surface area contributed by atoms with Crippen LogP contribution in [0.2, 0.25) is 0 Å². The number of aryl methyl sites for hydroxylation is 1. The molecule has 2 aromatic heterocycles. The molecule has 0 unspecified atom stereocenters. The molecule has 2 heterocycles. The van der Waals surface area contributed by atoms with Gasteiger partial charge in [-0.2, -0.15) is 0 Å². The summed E-state index contributed by atoms with van der Waals surface area (Å²) in [5, 5.41) is 13.1. The van der Waals surface area contributed by atoms with E-state index in [2.05, 4.69) is 24.1 Å². The molecule has 0 atom stereocenters. The van der Waals surface area contributed by atoms with Gasteiger partial charge in [0.25, 0.3) is 0 Å². The van der Waals surface area contributed by atoms with Crippen molar-refractivity contribution in [3.8, 4) is 0 Å². The molecule has 0 radical (unpaired) electrons. The van der Waals surface area contributed by atoms with Crippen molar-refractivity contribution in [2.45, 2.75) is 39.7 Å². The molecule has 140 valence electrons. The van der Waals surface area contributed by atoms with E-state index >= 15 is 0 Å². The Labute approximate surface area is 157 Å². The first-order chi connectivity index (χ1) is 12.3. The average Bonchev–Trinajstić information content (AvgIpc) is 2.99. The zero-order chi connectivity index (χ0) is 19.3. The number of aromatic nitrogens is 1. The molecule has 0 saturated heterocycles. The lowest BCUT2D eigenvalue weighted by molar-refractivity contribution is 0.0696. The quantitative estimate of drug-likeness (QED) is 0.708. The molecular weight excluding hydrogens is 350 g/mol. The minimum Gasteiger partial charge on any atom is -0.478 e. The van der Waals surface area contributed by atoms with Crippen LogP contribution in [0.3, 0.4) is 0 Å². The number of carboxylic acids is 1. The molecule has 0 spiro atoms. The molecule has 0 amide bonds. The highest BCUT2D eigenvalue weighted by Crippen LogP contribution is 2.43. The van der Waals surface area contributed by atoms with Crippen LogP contribution >= 0.6 is 11.3 Å². The second-order valence-electron chi connectivity index (χ2n) is 7.05. The summed E-state index contributed by atoms with van der Waals surface area (Å²) < 4.78 is 0. The van der Waals surface area contributed by atoms with Gasteiger partial charge in [-0.1, -0.05) is 13.8 Å². The number of aldehydes is 1. The molecule has 6 nitrogen and oxygen atoms in total. The molecule has 0 aliphatic heterocycles. The standard InChI is InChI=1S/C12H17NO2S.C7H8N2O/c1-12(2)5-4-8-7(6-12)9(11(14)15)10(13-3)16-8;8-2-6-1-7(5-10)4-9-3-6/h13H,4-6H2,1-3H3,(H,14,15);1,3-5H,2,8H2. The number of carboxylic acid groups (broad SMARTS) is 1. The first-order valence-electron chi connectivity index (χ1n) is 8.46. The number of aromatic carboxylic acids is 1. The summed E-state index contributed by atoms with van der Waals surface area (Å²) >= 11 is 1.60. The largest absolute Gasteiger partial charge is 0.478 e. The number of rotatable bonds is 4. The van der Waals surface area contributed by atoms with E-state index < -0.39 is 5.97 Å². The molecule has 2 aromatic rings. The van der Waals surface area contributed by atoms with Crippen LogP contribution in [-0.4, -0.2) is 29.4 Å². The summed E-state index contributed by atoms with van der Waals surface area (Å²) in [6, 6.07) is 1.72. The smallest absolute Gasteiger partial charge is 0.338 e. The lowest BCUT2D eigenvalue weighted by Crippen LogP contribution is -2.22. The molecule has 0 bridgehead atoms. The molecule has 0 fully saturated rings. The lowest BCUT2D eigenvalue weighted by Gasteiger charge is -2.29. The Morgan fingerprint density at radius 1 is 1.46 bits per heavy atom. The zero-order valence-electron chi connectivity index (χ0n) is 15.3. The van der Waals surface area contributed by atoms with Crippen molar-refractivity contribution in [2.75, 3.05) is 12.4 Å². The van der Waals surface area contributed by atoms with E-state index in [1.54, 1.807) is 30.6 Å². The third-order valence-electron chi connectivity index (χ3n) is 4.40. The molecule has 0 aromatic carbocycles. The maximum Gasteiger partial charge on any atom is 0.338 e. The highest BCUT2D eigenvalue weighted by Gasteiger charge is 2.32. The summed E-state index contributed by atoms with van der Waals surface area (Å²) in [5.74, 6) is -0.806. The molecular formula is C19H25N3O3S. The number of thiophene rings is 1. The van der Waals surface area contributed by atoms with E-state index in [1.807, 2.05) is 0 Å². The number of nitrogens with two attached hydrogens (primary N) is 1. The first-order valence-corrected chi connectivity index (χ1v) is 9.27. The molecule has 1 aliphatic carbocycles. The normalized spacial score (nSPS) is 14.6. The van der Waals surface area contributed by atoms with E-state index in [-0.39, 0.29) is 5.41 Å². The molecule has 4 N–H and O–H groups in total. The number of pyridine rings is 1. The number of hydrogen-bond donors (Lipinski definition) is 3. The second kappa shape index (κ2) is 8.42. The minimum absolute atomic E-state index is 0.225. The number of hydrogen-bond acceptors (Lipinski definition) is 6. The van der Waals surface area contributed by atoms with Gasteiger partial charge in [0.05, 0.1) is 5.56 Å². The maximum absolute atomic E-state index is 11.3. The predicted molar refractivity (Wildman–Crippen MR) is 104 cm³/mol. The topological polar surface area (TPSA) is 105 Å². The minimum atomic E-state index is -0.806. The van der Waals surface area contributed by atoms with E-state index in [1.165, 1.54) is 11.1 Å². The third-order valence-corrected chi connectivity index (χ3v) is 5.71. The number of nitrogens with one attached hydrogen (secondary N) is 1. The van der Waals surface area contributed by atoms with Gasteiger partial charge in [-0.25, -0.2) is 4.79 Å². The van der Waals surface area contributed by atoms with Gasteiger partial charge in [-0.05, 0) is 41.9 Å². The number of carbonyl (C=O) groups is 2. The van der Waals surface area contributed by atoms with Crippen LogP contribution in [0.25, 0.3) is 0 Å². The van der Waals surface area contributed by atoms with Gasteiger partial charge in [0.15, 0.2) is 6.29 Å². The van der Waals surface area contributed by atoms with Gasteiger partial charge < -0.3 is 16.2 Å². The number of fused-ring (bicyclic) bond motifs is 1. The highest BCUT2D eigenvalue weighted by atomic mass is 32.1. The van der Waals surface area contributed by atoms with Gasteiger partial charge in [0.2, 0.25) is 0 Å². The van der Waals surface area contributed by atoms with Crippen molar-refractivity contribution in [3.63, 3.8) is 0 Å². The Morgan fingerprint density at radius 3 is 2.77 bits per heavy atom. The summed E-state index contributed by atoms with van der Waals surface area (Å²) in [5.41, 5.74) is 8.54. The zero-order valence-corrected chi connectivity index (χ0v) is 16.2. The fourth-order valence-electron chi connectivity index (χ4n) is 3.01. The van der Waals surface area contributed by atoms with Gasteiger partial charge in [0, 0.05) is 36.4 Å². The van der Waals surface area contributed by atoms with Gasteiger partial charge in [-0.15, -0.1) is 11.3 Å². The fourth-order valence-corrected chi connectivity index (χ4v) is 4.17. The van der Waals surface area contributed by atoms with Crippen molar-refractivity contribution >= 4 is 28.6 Å². The van der Waals surface area contributed by atoms with Crippen molar-refractivity contribution in [1.29, 1.82) is 0 Å². The van der Waals surface area contributed by atoms with E-state index in [9.17, 15) is 14.7 Å². The predicted octanol–water partition coefficient (Wildman–Crippen LogP) is 3.36. The number of nitrogens with zero attached hydrogens (tertiary/aromatic N) is 1. The van der Waals surface area contributed by atoms with Crippen molar-refractivity contribution in [1.82, 2.24) is 4.98 Å². The average molecular weight is 375 g/mol. The van der Waals surface area contributed by atoms with Crippen LogP contribution in [0.1, 0.15) is 57.0 Å². The van der Waals surface area contributed by atoms with Crippen LogP contribution in [-0.2, 0) is 19.4 Å². The van der Waals surface area contributed by atoms with Crippen LogP contribution in [0, 0.1) is 5.41 Å². The van der Waals surface area contributed by atoms with Crippen molar-refractivity contribution < 1.29 is 14.7 Å². The molecule has 3 rings (SSSR count). The van der Waals surface area contributed by atoms with Crippen LogP contribution in [0.15, 0.2) is 18.5 Å². The van der Waals surface area contributed by atoms with E-state index in [0.717, 1.165) is 41.7 Å². The Bertz CT molecular complexity index is 799. The van der Waals surface area contributed by atoms with E-state index in [4.69, 9.17) is 5.73 Å². The third kappa shape index (κ3) is 4.68. The first kappa shape index (κ1) is 20.1. The summed E-state index contributed by atoms with van der Waals surface area (Å²) in [6.45, 7) is 4.84. The highest BCUT2D eigenvalue weighted by molar-refractivity contribution is 7.16. The Morgan fingerprint density at radius 2 is 2.19 bits per heavy atom. The van der Waals surface area contributed by atoms with Crippen molar-refractivity contribution in [2.24, 2.45) is 11.1 Å². The second-order valence-corrected chi connectivity index (χ2v) is 8.16.